The molecule has 0 aromatic heterocycles. The van der Waals surface area contributed by atoms with Crippen LogP contribution in [0.2, 0.25) is 0 Å². The maximum atomic E-state index is 13.7. The lowest BCUT2D eigenvalue weighted by Crippen LogP contribution is -2.12. The fourth-order valence-corrected chi connectivity index (χ4v) is 2.84. The van der Waals surface area contributed by atoms with Crippen molar-refractivity contribution < 1.29 is 35.9 Å². The molecule has 26 heavy (non-hydrogen) atoms. The highest BCUT2D eigenvalue weighted by Crippen LogP contribution is 2.25. The van der Waals surface area contributed by atoms with E-state index in [2.05, 4.69) is 0 Å². The first-order valence-corrected chi connectivity index (χ1v) is 8.88. The second-order valence-electron chi connectivity index (χ2n) is 5.27. The lowest BCUT2D eigenvalue weighted by molar-refractivity contribution is 0.0337. The molecule has 0 fully saturated rings. The Labute approximate surface area is 148 Å². The molecule has 5 nitrogen and oxygen atoms in total. The maximum Gasteiger partial charge on any atom is 0.341 e. The van der Waals surface area contributed by atoms with Crippen LogP contribution in [0.15, 0.2) is 47.4 Å². The summed E-state index contributed by atoms with van der Waals surface area (Å²) < 4.78 is 71.4. The number of rotatable bonds is 6. The molecule has 2 aromatic carbocycles. The highest BCUT2D eigenvalue weighted by atomic mass is 32.2. The molecule has 0 radical (unpaired) electrons. The van der Waals surface area contributed by atoms with E-state index in [4.69, 9.17) is 9.47 Å². The molecule has 0 aliphatic heterocycles. The summed E-state index contributed by atoms with van der Waals surface area (Å²) >= 11 is 0. The Morgan fingerprint density at radius 2 is 1.69 bits per heavy atom. The number of esters is 1. The van der Waals surface area contributed by atoms with Crippen LogP contribution in [0.25, 0.3) is 0 Å². The normalized spacial score (nSPS) is 12.7. The number of carbonyl (C=O) groups excluding carboxylic acids is 1. The highest BCUT2D eigenvalue weighted by Gasteiger charge is 2.26. The van der Waals surface area contributed by atoms with E-state index in [0.29, 0.717) is 5.56 Å². The number of methoxy groups -OCH3 is 1. The van der Waals surface area contributed by atoms with Gasteiger partial charge >= 0.3 is 11.7 Å². The average molecular weight is 388 g/mol. The van der Waals surface area contributed by atoms with E-state index in [1.165, 1.54) is 26.2 Å². The first-order valence-electron chi connectivity index (χ1n) is 7.33. The number of alkyl halides is 2. The van der Waals surface area contributed by atoms with Gasteiger partial charge in [0.25, 0.3) is 0 Å². The molecule has 0 bridgehead atoms. The van der Waals surface area contributed by atoms with E-state index in [0.717, 1.165) is 30.3 Å². The molecule has 2 rings (SSSR count). The Morgan fingerprint density at radius 1 is 1.08 bits per heavy atom. The zero-order valence-corrected chi connectivity index (χ0v) is 14.6. The molecule has 0 aliphatic carbocycles. The van der Waals surface area contributed by atoms with Gasteiger partial charge in [0, 0.05) is 0 Å². The number of sulfone groups is 1. The van der Waals surface area contributed by atoms with E-state index >= 15 is 0 Å². The highest BCUT2D eigenvalue weighted by molar-refractivity contribution is 7.91. The van der Waals surface area contributed by atoms with Crippen molar-refractivity contribution in [3.8, 4) is 5.75 Å². The van der Waals surface area contributed by atoms with Crippen LogP contribution >= 0.6 is 0 Å². The van der Waals surface area contributed by atoms with Crippen molar-refractivity contribution in [3.05, 3.63) is 59.4 Å². The number of hydrogen-bond donors (Lipinski definition) is 0. The van der Waals surface area contributed by atoms with Gasteiger partial charge in [0.15, 0.2) is 11.6 Å². The van der Waals surface area contributed by atoms with Crippen LogP contribution in [0.3, 0.4) is 0 Å². The van der Waals surface area contributed by atoms with Crippen LogP contribution in [-0.2, 0) is 14.6 Å². The van der Waals surface area contributed by atoms with E-state index in [-0.39, 0.29) is 11.3 Å². The third kappa shape index (κ3) is 4.16. The Balaban J connectivity index is 2.13. The van der Waals surface area contributed by atoms with Gasteiger partial charge in [-0.15, -0.1) is 0 Å². The SMILES string of the molecule is COc1ccc([C@H](C)OC(=O)c2ccc(S(=O)(=O)C(F)F)cc2)cc1F. The molecule has 0 saturated heterocycles. The monoisotopic (exact) mass is 388 g/mol. The van der Waals surface area contributed by atoms with E-state index in [9.17, 15) is 26.4 Å². The van der Waals surface area contributed by atoms with Crippen molar-refractivity contribution >= 4 is 15.8 Å². The number of ether oxygens (including phenoxy) is 2. The van der Waals surface area contributed by atoms with Crippen LogP contribution < -0.4 is 4.74 Å². The Hall–Kier alpha value is -2.55. The predicted molar refractivity (Wildman–Crippen MR) is 86.4 cm³/mol. The third-order valence-corrected chi connectivity index (χ3v) is 4.98. The minimum absolute atomic E-state index is 0.0287. The molecular weight excluding hydrogens is 373 g/mol. The summed E-state index contributed by atoms with van der Waals surface area (Å²) in [6, 6.07) is 8.01. The lowest BCUT2D eigenvalue weighted by atomic mass is 10.1. The zero-order valence-electron chi connectivity index (χ0n) is 13.8. The summed E-state index contributed by atoms with van der Waals surface area (Å²) in [5.41, 5.74) is 0.354. The second-order valence-corrected chi connectivity index (χ2v) is 7.19. The molecule has 0 spiro atoms. The molecule has 0 saturated carbocycles. The van der Waals surface area contributed by atoms with Gasteiger partial charge in [-0.05, 0) is 48.9 Å². The van der Waals surface area contributed by atoms with Crippen molar-refractivity contribution in [1.82, 2.24) is 0 Å². The molecule has 0 N–H and O–H groups in total. The van der Waals surface area contributed by atoms with Gasteiger partial charge in [-0.2, -0.15) is 8.78 Å². The molecule has 9 heteroatoms. The van der Waals surface area contributed by atoms with Crippen molar-refractivity contribution in [3.63, 3.8) is 0 Å². The fourth-order valence-electron chi connectivity index (χ4n) is 2.12. The van der Waals surface area contributed by atoms with Gasteiger partial charge < -0.3 is 9.47 Å². The Morgan fingerprint density at radius 3 is 2.19 bits per heavy atom. The number of halogens is 3. The lowest BCUT2D eigenvalue weighted by Gasteiger charge is -2.14. The van der Waals surface area contributed by atoms with E-state index < -0.39 is 38.4 Å². The molecule has 0 unspecified atom stereocenters. The van der Waals surface area contributed by atoms with Gasteiger partial charge in [-0.25, -0.2) is 17.6 Å². The molecule has 0 heterocycles. The number of carbonyl (C=O) groups is 1. The van der Waals surface area contributed by atoms with Crippen molar-refractivity contribution in [2.45, 2.75) is 23.7 Å². The Bertz CT molecular complexity index is 895. The molecule has 140 valence electrons. The van der Waals surface area contributed by atoms with E-state index in [1.54, 1.807) is 0 Å². The zero-order chi connectivity index (χ0) is 19.5. The second kappa shape index (κ2) is 7.77. The average Bonchev–Trinajstić information content (AvgIpc) is 2.61. The standard InChI is InChI=1S/C17H15F3O5S/c1-10(12-5-8-15(24-2)14(18)9-12)25-16(21)11-3-6-13(7-4-11)26(22,23)17(19)20/h3-10,17H,1-2H3/t10-/m0/s1. The van der Waals surface area contributed by atoms with Gasteiger partial charge in [-0.1, -0.05) is 6.07 Å². The summed E-state index contributed by atoms with van der Waals surface area (Å²) in [6.45, 7) is 1.52. The number of benzene rings is 2. The summed E-state index contributed by atoms with van der Waals surface area (Å²) in [5.74, 6) is -4.93. The minimum Gasteiger partial charge on any atom is -0.494 e. The molecule has 2 aromatic rings. The van der Waals surface area contributed by atoms with Crippen LogP contribution in [-0.4, -0.2) is 27.3 Å². The topological polar surface area (TPSA) is 69.7 Å². The smallest absolute Gasteiger partial charge is 0.341 e. The summed E-state index contributed by atoms with van der Waals surface area (Å²) in [6.07, 6.45) is -0.799. The van der Waals surface area contributed by atoms with Gasteiger partial charge in [0.1, 0.15) is 6.10 Å². The summed E-state index contributed by atoms with van der Waals surface area (Å²) in [5, 5.41) is 0. The van der Waals surface area contributed by atoms with Crippen LogP contribution in [0.1, 0.15) is 28.9 Å². The van der Waals surface area contributed by atoms with E-state index in [1.807, 2.05) is 0 Å². The largest absolute Gasteiger partial charge is 0.494 e. The maximum absolute atomic E-state index is 13.7. The Kier molecular flexibility index (Phi) is 5.91. The van der Waals surface area contributed by atoms with Crippen molar-refractivity contribution in [2.24, 2.45) is 0 Å². The van der Waals surface area contributed by atoms with Gasteiger partial charge in [-0.3, -0.25) is 0 Å². The summed E-state index contributed by atoms with van der Waals surface area (Å²) in [7, 11) is -3.42. The fraction of sp³-hybridized carbons (Fsp3) is 0.235. The molecule has 0 aliphatic rings. The van der Waals surface area contributed by atoms with Crippen LogP contribution in [0.4, 0.5) is 13.2 Å². The van der Waals surface area contributed by atoms with Crippen molar-refractivity contribution in [1.29, 1.82) is 0 Å². The molecular formula is C17H15F3O5S. The molecule has 0 amide bonds. The number of hydrogen-bond acceptors (Lipinski definition) is 5. The first kappa shape index (κ1) is 19.8. The van der Waals surface area contributed by atoms with Gasteiger partial charge in [0.05, 0.1) is 17.6 Å². The minimum atomic E-state index is -4.74. The van der Waals surface area contributed by atoms with Gasteiger partial charge in [0.2, 0.25) is 9.84 Å². The molecule has 1 atom stereocenters. The predicted octanol–water partition coefficient (Wildman–Crippen LogP) is 3.75. The van der Waals surface area contributed by atoms with Crippen LogP contribution in [0, 0.1) is 5.82 Å². The first-order chi connectivity index (χ1) is 12.2. The van der Waals surface area contributed by atoms with Crippen LogP contribution in [0.5, 0.6) is 5.75 Å². The summed E-state index contributed by atoms with van der Waals surface area (Å²) in [4.78, 5) is 11.5. The third-order valence-electron chi connectivity index (χ3n) is 3.58. The van der Waals surface area contributed by atoms with Crippen molar-refractivity contribution in [2.75, 3.05) is 7.11 Å². The quantitative estimate of drug-likeness (QED) is 0.705.